The van der Waals surface area contributed by atoms with Gasteiger partial charge in [0.15, 0.2) is 0 Å². The first-order chi connectivity index (χ1) is 10.6. The Kier molecular flexibility index (Phi) is 5.83. The quantitative estimate of drug-likeness (QED) is 0.583. The van der Waals surface area contributed by atoms with Crippen LogP contribution in [0.25, 0.3) is 0 Å². The van der Waals surface area contributed by atoms with Crippen molar-refractivity contribution >= 4 is 23.5 Å². The van der Waals surface area contributed by atoms with Crippen LogP contribution in [0.2, 0.25) is 0 Å². The van der Waals surface area contributed by atoms with E-state index >= 15 is 0 Å². The van der Waals surface area contributed by atoms with Crippen LogP contribution in [0.5, 0.6) is 0 Å². The number of benzene rings is 1. The van der Waals surface area contributed by atoms with Crippen LogP contribution in [0.4, 0.5) is 0 Å². The molecule has 0 aromatic heterocycles. The zero-order valence-electron chi connectivity index (χ0n) is 12.9. The van der Waals surface area contributed by atoms with E-state index in [1.807, 2.05) is 30.3 Å². The number of rotatable bonds is 6. The Hall–Kier alpha value is -1.55. The summed E-state index contributed by atoms with van der Waals surface area (Å²) in [6, 6.07) is 9.94. The molecule has 0 aliphatic heterocycles. The molecule has 0 unspecified atom stereocenters. The zero-order valence-corrected chi connectivity index (χ0v) is 13.7. The number of carbonyl (C=O) groups is 2. The fraction of sp³-hybridized carbons (Fsp3) is 0.444. The number of thioether (sulfide) groups is 1. The van der Waals surface area contributed by atoms with Gasteiger partial charge in [-0.05, 0) is 25.0 Å². The SMILES string of the molecule is C=C[C@H](C[C@]1(Sc2ccccc2)CCCCC1=O)OC(C)=O. The minimum absolute atomic E-state index is 0.256. The number of ketones is 1. The van der Waals surface area contributed by atoms with Gasteiger partial charge in [0, 0.05) is 24.7 Å². The van der Waals surface area contributed by atoms with E-state index in [4.69, 9.17) is 4.74 Å². The highest BCUT2D eigenvalue weighted by atomic mass is 32.2. The van der Waals surface area contributed by atoms with Crippen molar-refractivity contribution in [2.24, 2.45) is 0 Å². The molecule has 1 aromatic rings. The van der Waals surface area contributed by atoms with Gasteiger partial charge < -0.3 is 4.74 Å². The largest absolute Gasteiger partial charge is 0.458 e. The molecule has 1 aliphatic rings. The van der Waals surface area contributed by atoms with Gasteiger partial charge in [0.05, 0.1) is 4.75 Å². The molecule has 1 aliphatic carbocycles. The predicted molar refractivity (Wildman–Crippen MR) is 88.9 cm³/mol. The second kappa shape index (κ2) is 7.63. The van der Waals surface area contributed by atoms with E-state index in [9.17, 15) is 9.59 Å². The Labute approximate surface area is 136 Å². The molecule has 2 rings (SSSR count). The maximum atomic E-state index is 12.7. The molecule has 0 radical (unpaired) electrons. The van der Waals surface area contributed by atoms with Gasteiger partial charge in [-0.3, -0.25) is 9.59 Å². The second-order valence-corrected chi connectivity index (χ2v) is 7.08. The molecule has 0 heterocycles. The lowest BCUT2D eigenvalue weighted by molar-refractivity contribution is -0.145. The summed E-state index contributed by atoms with van der Waals surface area (Å²) in [5, 5.41) is 0. The smallest absolute Gasteiger partial charge is 0.303 e. The van der Waals surface area contributed by atoms with Crippen molar-refractivity contribution in [3.8, 4) is 0 Å². The predicted octanol–water partition coefficient (Wildman–Crippen LogP) is 4.17. The Morgan fingerprint density at radius 1 is 1.41 bits per heavy atom. The average Bonchev–Trinajstić information content (AvgIpc) is 2.50. The van der Waals surface area contributed by atoms with Gasteiger partial charge in [0.25, 0.3) is 0 Å². The number of ether oxygens (including phenoxy) is 1. The van der Waals surface area contributed by atoms with Gasteiger partial charge in [-0.15, -0.1) is 11.8 Å². The molecule has 1 saturated carbocycles. The van der Waals surface area contributed by atoms with Gasteiger partial charge >= 0.3 is 5.97 Å². The van der Waals surface area contributed by atoms with E-state index in [1.165, 1.54) is 6.92 Å². The molecule has 1 fully saturated rings. The minimum atomic E-state index is -0.520. The van der Waals surface area contributed by atoms with Crippen molar-refractivity contribution in [2.45, 2.75) is 54.8 Å². The summed E-state index contributed by atoms with van der Waals surface area (Å²) in [6.45, 7) is 5.13. The fourth-order valence-electron chi connectivity index (χ4n) is 2.85. The van der Waals surface area contributed by atoms with Crippen LogP contribution in [-0.4, -0.2) is 22.6 Å². The van der Waals surface area contributed by atoms with Gasteiger partial charge in [0.2, 0.25) is 0 Å². The third kappa shape index (κ3) is 4.23. The number of hydrogen-bond acceptors (Lipinski definition) is 4. The number of esters is 1. The molecule has 0 saturated heterocycles. The summed E-state index contributed by atoms with van der Waals surface area (Å²) in [4.78, 5) is 25.0. The molecule has 3 nitrogen and oxygen atoms in total. The summed E-state index contributed by atoms with van der Waals surface area (Å²) in [5.41, 5.74) is 0. The molecule has 1 aromatic carbocycles. The maximum absolute atomic E-state index is 12.7. The topological polar surface area (TPSA) is 43.4 Å². The third-order valence-corrected chi connectivity index (χ3v) is 5.41. The molecular weight excluding hydrogens is 296 g/mol. The maximum Gasteiger partial charge on any atom is 0.303 e. The van der Waals surface area contributed by atoms with Crippen LogP contribution in [0.3, 0.4) is 0 Å². The Morgan fingerprint density at radius 2 is 2.14 bits per heavy atom. The Balaban J connectivity index is 2.23. The molecule has 118 valence electrons. The van der Waals surface area contributed by atoms with Gasteiger partial charge in [0.1, 0.15) is 11.9 Å². The van der Waals surface area contributed by atoms with E-state index in [-0.39, 0.29) is 11.8 Å². The fourth-order valence-corrected chi connectivity index (χ4v) is 4.31. The van der Waals surface area contributed by atoms with Crippen LogP contribution < -0.4 is 0 Å². The van der Waals surface area contributed by atoms with Crippen LogP contribution in [-0.2, 0) is 14.3 Å². The van der Waals surface area contributed by atoms with Gasteiger partial charge in [-0.2, -0.15) is 0 Å². The third-order valence-electron chi connectivity index (χ3n) is 3.91. The van der Waals surface area contributed by atoms with E-state index in [1.54, 1.807) is 17.8 Å². The normalized spacial score (nSPS) is 22.9. The summed E-state index contributed by atoms with van der Waals surface area (Å²) >= 11 is 1.60. The lowest BCUT2D eigenvalue weighted by atomic mass is 9.83. The molecule has 0 spiro atoms. The van der Waals surface area contributed by atoms with E-state index in [0.717, 1.165) is 24.2 Å². The van der Waals surface area contributed by atoms with Crippen molar-refractivity contribution in [2.75, 3.05) is 0 Å². The number of Topliss-reactive ketones (excluding diaryl/α,β-unsaturated/α-hetero) is 1. The Morgan fingerprint density at radius 3 is 2.73 bits per heavy atom. The van der Waals surface area contributed by atoms with Gasteiger partial charge in [-0.1, -0.05) is 37.3 Å². The highest BCUT2D eigenvalue weighted by Crippen LogP contribution is 2.45. The van der Waals surface area contributed by atoms with Crippen LogP contribution in [0.15, 0.2) is 47.9 Å². The first-order valence-electron chi connectivity index (χ1n) is 7.63. The standard InChI is InChI=1S/C18H22O3S/c1-3-15(21-14(2)19)13-18(12-8-7-11-17(18)20)22-16-9-5-4-6-10-16/h3-6,9-10,15H,1,7-8,11-13H2,2H3/t15-,18-/m1/s1. The summed E-state index contributed by atoms with van der Waals surface area (Å²) in [7, 11) is 0. The van der Waals surface area contributed by atoms with E-state index < -0.39 is 10.9 Å². The van der Waals surface area contributed by atoms with Crippen molar-refractivity contribution in [3.05, 3.63) is 43.0 Å². The van der Waals surface area contributed by atoms with Crippen molar-refractivity contribution in [1.29, 1.82) is 0 Å². The summed E-state index contributed by atoms with van der Waals surface area (Å²) in [5.74, 6) is -0.0837. The van der Waals surface area contributed by atoms with Crippen LogP contribution in [0, 0.1) is 0 Å². The lowest BCUT2D eigenvalue weighted by Gasteiger charge is -2.37. The molecule has 0 amide bonds. The minimum Gasteiger partial charge on any atom is -0.458 e. The van der Waals surface area contributed by atoms with Crippen molar-refractivity contribution in [3.63, 3.8) is 0 Å². The highest BCUT2D eigenvalue weighted by Gasteiger charge is 2.42. The van der Waals surface area contributed by atoms with E-state index in [2.05, 4.69) is 6.58 Å². The van der Waals surface area contributed by atoms with Gasteiger partial charge in [-0.25, -0.2) is 0 Å². The Bertz CT molecular complexity index is 541. The molecule has 22 heavy (non-hydrogen) atoms. The lowest BCUT2D eigenvalue weighted by Crippen LogP contribution is -2.41. The van der Waals surface area contributed by atoms with Crippen LogP contribution in [0.1, 0.15) is 39.0 Å². The van der Waals surface area contributed by atoms with E-state index in [0.29, 0.717) is 12.8 Å². The van der Waals surface area contributed by atoms with Crippen molar-refractivity contribution in [1.82, 2.24) is 0 Å². The molecular formula is C18H22O3S. The molecule has 0 N–H and O–H groups in total. The number of hydrogen-bond donors (Lipinski definition) is 0. The number of carbonyl (C=O) groups excluding carboxylic acids is 2. The second-order valence-electron chi connectivity index (χ2n) is 5.63. The average molecular weight is 318 g/mol. The zero-order chi connectivity index (χ0) is 16.0. The van der Waals surface area contributed by atoms with Crippen molar-refractivity contribution < 1.29 is 14.3 Å². The highest BCUT2D eigenvalue weighted by molar-refractivity contribution is 8.01. The summed E-state index contributed by atoms with van der Waals surface area (Å²) in [6.07, 6.45) is 5.08. The first kappa shape index (κ1) is 16.8. The molecule has 4 heteroatoms. The van der Waals surface area contributed by atoms with Crippen LogP contribution >= 0.6 is 11.8 Å². The molecule has 0 bridgehead atoms. The summed E-state index contributed by atoms with van der Waals surface area (Å²) < 4.78 is 4.77. The molecule has 2 atom stereocenters. The monoisotopic (exact) mass is 318 g/mol. The first-order valence-corrected chi connectivity index (χ1v) is 8.44.